The lowest BCUT2D eigenvalue weighted by atomic mass is 9.76. The molecule has 2 heterocycles. The van der Waals surface area contributed by atoms with Crippen molar-refractivity contribution in [1.82, 2.24) is 20.0 Å². The van der Waals surface area contributed by atoms with Crippen LogP contribution in [0.1, 0.15) is 43.0 Å². The number of rotatable bonds is 4. The van der Waals surface area contributed by atoms with Crippen molar-refractivity contribution in [1.29, 1.82) is 0 Å². The first-order valence-electron chi connectivity index (χ1n) is 9.59. The number of ether oxygens (including phenoxy) is 1. The van der Waals surface area contributed by atoms with Crippen LogP contribution in [0, 0.1) is 6.92 Å². The van der Waals surface area contributed by atoms with E-state index in [1.165, 1.54) is 5.56 Å². The molecule has 1 aromatic carbocycles. The standard InChI is InChI=1S/C21H30N4O2/c1-16-18(19(27-4)24(3)23-16)15-22-20(26)25-13-8-11-21(2,12-14-25)17-9-6-5-7-10-17/h5-7,9-10H,8,11-15H2,1-4H3,(H,22,26). The van der Waals surface area contributed by atoms with Crippen molar-refractivity contribution in [3.05, 3.63) is 47.2 Å². The molecule has 1 aromatic heterocycles. The maximum absolute atomic E-state index is 12.7. The van der Waals surface area contributed by atoms with Crippen LogP contribution in [0.15, 0.2) is 30.3 Å². The molecule has 0 radical (unpaired) electrons. The van der Waals surface area contributed by atoms with Crippen molar-refractivity contribution in [3.63, 3.8) is 0 Å². The Morgan fingerprint density at radius 1 is 1.26 bits per heavy atom. The molecule has 27 heavy (non-hydrogen) atoms. The van der Waals surface area contributed by atoms with Crippen LogP contribution >= 0.6 is 0 Å². The fourth-order valence-corrected chi connectivity index (χ4v) is 4.03. The van der Waals surface area contributed by atoms with Crippen LogP contribution in [-0.2, 0) is 19.0 Å². The van der Waals surface area contributed by atoms with Crippen LogP contribution in [0.3, 0.4) is 0 Å². The lowest BCUT2D eigenvalue weighted by molar-refractivity contribution is 0.198. The number of carbonyl (C=O) groups is 1. The van der Waals surface area contributed by atoms with Gasteiger partial charge in [0.1, 0.15) is 0 Å². The van der Waals surface area contributed by atoms with Crippen molar-refractivity contribution in [3.8, 4) is 5.88 Å². The Morgan fingerprint density at radius 3 is 2.70 bits per heavy atom. The highest BCUT2D eigenvalue weighted by Crippen LogP contribution is 2.34. The molecule has 3 rings (SSSR count). The number of hydrogen-bond acceptors (Lipinski definition) is 3. The highest BCUT2D eigenvalue weighted by atomic mass is 16.5. The molecule has 1 atom stereocenters. The summed E-state index contributed by atoms with van der Waals surface area (Å²) in [6.07, 6.45) is 3.07. The minimum atomic E-state index is -0.0161. The van der Waals surface area contributed by atoms with Crippen LogP contribution in [-0.4, -0.2) is 40.9 Å². The van der Waals surface area contributed by atoms with Gasteiger partial charge in [0.25, 0.3) is 0 Å². The summed E-state index contributed by atoms with van der Waals surface area (Å²) in [5.41, 5.74) is 3.29. The van der Waals surface area contributed by atoms with E-state index in [1.54, 1.807) is 11.8 Å². The highest BCUT2D eigenvalue weighted by molar-refractivity contribution is 5.74. The minimum absolute atomic E-state index is 0.0161. The number of amides is 2. The number of methoxy groups -OCH3 is 1. The lowest BCUT2D eigenvalue weighted by Gasteiger charge is -2.29. The summed E-state index contributed by atoms with van der Waals surface area (Å²) in [7, 11) is 3.47. The molecule has 1 fully saturated rings. The SMILES string of the molecule is COc1c(CNC(=O)N2CCCC(C)(c3ccccc3)CC2)c(C)nn1C. The molecular weight excluding hydrogens is 340 g/mol. The monoisotopic (exact) mass is 370 g/mol. The molecule has 1 saturated heterocycles. The third kappa shape index (κ3) is 4.10. The van der Waals surface area contributed by atoms with Gasteiger partial charge in [0, 0.05) is 20.1 Å². The van der Waals surface area contributed by atoms with E-state index in [9.17, 15) is 4.79 Å². The second-order valence-electron chi connectivity index (χ2n) is 7.62. The molecule has 2 amide bonds. The average molecular weight is 370 g/mol. The van der Waals surface area contributed by atoms with E-state index in [4.69, 9.17) is 4.74 Å². The number of nitrogens with zero attached hydrogens (tertiary/aromatic N) is 3. The first-order chi connectivity index (χ1) is 12.9. The van der Waals surface area contributed by atoms with Gasteiger partial charge in [-0.25, -0.2) is 9.48 Å². The van der Waals surface area contributed by atoms with E-state index in [1.807, 2.05) is 18.9 Å². The van der Waals surface area contributed by atoms with E-state index in [0.29, 0.717) is 12.4 Å². The Kier molecular flexibility index (Phi) is 5.73. The van der Waals surface area contributed by atoms with Gasteiger partial charge in [0.2, 0.25) is 5.88 Å². The van der Waals surface area contributed by atoms with Crippen LogP contribution in [0.2, 0.25) is 0 Å². The molecule has 2 aromatic rings. The number of urea groups is 1. The summed E-state index contributed by atoms with van der Waals surface area (Å²) in [6.45, 7) is 6.22. The molecule has 0 aliphatic carbocycles. The van der Waals surface area contributed by atoms with Crippen molar-refractivity contribution in [2.45, 2.75) is 45.1 Å². The first-order valence-corrected chi connectivity index (χ1v) is 9.59. The maximum atomic E-state index is 12.7. The predicted octanol–water partition coefficient (Wildman–Crippen LogP) is 3.39. The highest BCUT2D eigenvalue weighted by Gasteiger charge is 2.31. The number of aromatic nitrogens is 2. The van der Waals surface area contributed by atoms with Crippen molar-refractivity contribution in [2.24, 2.45) is 7.05 Å². The van der Waals surface area contributed by atoms with Gasteiger partial charge in [-0.15, -0.1) is 0 Å². The minimum Gasteiger partial charge on any atom is -0.481 e. The van der Waals surface area contributed by atoms with E-state index >= 15 is 0 Å². The zero-order valence-electron chi connectivity index (χ0n) is 16.8. The van der Waals surface area contributed by atoms with Crippen molar-refractivity contribution >= 4 is 6.03 Å². The number of carbonyl (C=O) groups excluding carboxylic acids is 1. The summed E-state index contributed by atoms with van der Waals surface area (Å²) < 4.78 is 7.11. The van der Waals surface area contributed by atoms with Crippen molar-refractivity contribution in [2.75, 3.05) is 20.2 Å². The summed E-state index contributed by atoms with van der Waals surface area (Å²) in [5.74, 6) is 0.695. The predicted molar refractivity (Wildman–Crippen MR) is 106 cm³/mol. The van der Waals surface area contributed by atoms with Gasteiger partial charge >= 0.3 is 6.03 Å². The Morgan fingerprint density at radius 2 is 2.00 bits per heavy atom. The maximum Gasteiger partial charge on any atom is 0.317 e. The third-order valence-corrected chi connectivity index (χ3v) is 5.75. The summed E-state index contributed by atoms with van der Waals surface area (Å²) in [5, 5.41) is 7.41. The fourth-order valence-electron chi connectivity index (χ4n) is 4.03. The van der Waals surface area contributed by atoms with Gasteiger partial charge < -0.3 is 15.0 Å². The third-order valence-electron chi connectivity index (χ3n) is 5.75. The summed E-state index contributed by atoms with van der Waals surface area (Å²) in [4.78, 5) is 14.7. The van der Waals surface area contributed by atoms with Crippen LogP contribution in [0.5, 0.6) is 5.88 Å². The molecular formula is C21H30N4O2. The van der Waals surface area contributed by atoms with Gasteiger partial charge in [-0.2, -0.15) is 5.10 Å². The molecule has 1 aliphatic heterocycles. The normalized spacial score (nSPS) is 20.2. The molecule has 1 N–H and O–H groups in total. The molecule has 1 unspecified atom stereocenters. The molecule has 0 bridgehead atoms. The molecule has 6 heteroatoms. The quantitative estimate of drug-likeness (QED) is 0.897. The van der Waals surface area contributed by atoms with Gasteiger partial charge in [0.05, 0.1) is 24.9 Å². The molecule has 146 valence electrons. The summed E-state index contributed by atoms with van der Waals surface area (Å²) in [6, 6.07) is 10.6. The van der Waals surface area contributed by atoms with Crippen LogP contribution in [0.4, 0.5) is 4.79 Å². The first kappa shape index (κ1) is 19.3. The van der Waals surface area contributed by atoms with E-state index in [2.05, 4.69) is 47.7 Å². The van der Waals surface area contributed by atoms with E-state index in [-0.39, 0.29) is 11.4 Å². The Balaban J connectivity index is 1.62. The number of hydrogen-bond donors (Lipinski definition) is 1. The zero-order valence-corrected chi connectivity index (χ0v) is 16.8. The van der Waals surface area contributed by atoms with Gasteiger partial charge in [-0.05, 0) is 37.2 Å². The van der Waals surface area contributed by atoms with Crippen LogP contribution < -0.4 is 10.1 Å². The Labute approximate surface area is 161 Å². The molecule has 0 spiro atoms. The van der Waals surface area contributed by atoms with E-state index < -0.39 is 0 Å². The molecule has 0 saturated carbocycles. The number of likely N-dealkylation sites (tertiary alicyclic amines) is 1. The summed E-state index contributed by atoms with van der Waals surface area (Å²) >= 11 is 0. The Bertz CT molecular complexity index is 787. The zero-order chi connectivity index (χ0) is 19.4. The number of aryl methyl sites for hydroxylation is 2. The van der Waals surface area contributed by atoms with Crippen LogP contribution in [0.25, 0.3) is 0 Å². The Hall–Kier alpha value is -2.50. The topological polar surface area (TPSA) is 59.4 Å². The van der Waals surface area contributed by atoms with Crippen molar-refractivity contribution < 1.29 is 9.53 Å². The second-order valence-corrected chi connectivity index (χ2v) is 7.62. The van der Waals surface area contributed by atoms with Gasteiger partial charge in [-0.3, -0.25) is 0 Å². The van der Waals surface area contributed by atoms with Gasteiger partial charge in [0.15, 0.2) is 0 Å². The second kappa shape index (κ2) is 8.03. The molecule has 1 aliphatic rings. The van der Waals surface area contributed by atoms with E-state index in [0.717, 1.165) is 43.6 Å². The number of nitrogens with one attached hydrogen (secondary N) is 1. The lowest BCUT2D eigenvalue weighted by Crippen LogP contribution is -2.40. The average Bonchev–Trinajstić information content (AvgIpc) is 2.82. The smallest absolute Gasteiger partial charge is 0.317 e. The molecule has 6 nitrogen and oxygen atoms in total. The fraction of sp³-hybridized carbons (Fsp3) is 0.524. The largest absolute Gasteiger partial charge is 0.481 e. The van der Waals surface area contributed by atoms with Gasteiger partial charge in [-0.1, -0.05) is 37.3 Å². The number of benzene rings is 1.